The molecule has 0 unspecified atom stereocenters. The van der Waals surface area contributed by atoms with Gasteiger partial charge in [-0.05, 0) is 61.0 Å². The van der Waals surface area contributed by atoms with Crippen molar-refractivity contribution in [3.63, 3.8) is 0 Å². The minimum atomic E-state index is -0.324. The van der Waals surface area contributed by atoms with E-state index in [1.165, 1.54) is 11.3 Å². The number of thiophene rings is 1. The summed E-state index contributed by atoms with van der Waals surface area (Å²) in [5, 5.41) is 5.44. The maximum absolute atomic E-state index is 12.3. The molecule has 6 nitrogen and oxygen atoms in total. The summed E-state index contributed by atoms with van der Waals surface area (Å²) >= 11 is 4.63. The normalized spacial score (nSPS) is 11.5. The highest BCUT2D eigenvalue weighted by atomic mass is 79.9. The number of halogens is 1. The number of imidazole rings is 1. The van der Waals surface area contributed by atoms with Gasteiger partial charge in [-0.1, -0.05) is 12.1 Å². The van der Waals surface area contributed by atoms with Gasteiger partial charge in [0.1, 0.15) is 0 Å². The van der Waals surface area contributed by atoms with Crippen LogP contribution >= 0.6 is 27.3 Å². The molecule has 26 heavy (non-hydrogen) atoms. The zero-order valence-corrected chi connectivity index (χ0v) is 17.1. The van der Waals surface area contributed by atoms with Gasteiger partial charge in [0.2, 0.25) is 11.9 Å². The van der Waals surface area contributed by atoms with Gasteiger partial charge in [-0.25, -0.2) is 4.98 Å². The molecule has 0 aliphatic carbocycles. The number of hydrogen-bond donors (Lipinski definition) is 2. The van der Waals surface area contributed by atoms with Crippen LogP contribution in [0.15, 0.2) is 40.2 Å². The van der Waals surface area contributed by atoms with Crippen molar-refractivity contribution in [1.82, 2.24) is 14.9 Å². The lowest BCUT2D eigenvalue weighted by Gasteiger charge is -2.24. The lowest BCUT2D eigenvalue weighted by atomic mass is 10.1. The highest BCUT2D eigenvalue weighted by Crippen LogP contribution is 2.27. The van der Waals surface area contributed by atoms with E-state index in [-0.39, 0.29) is 23.9 Å². The summed E-state index contributed by atoms with van der Waals surface area (Å²) in [5.74, 6) is -0.133. The van der Waals surface area contributed by atoms with Crippen molar-refractivity contribution >= 4 is 56.1 Å². The van der Waals surface area contributed by atoms with E-state index in [0.29, 0.717) is 10.8 Å². The van der Waals surface area contributed by atoms with Gasteiger partial charge >= 0.3 is 0 Å². The summed E-state index contributed by atoms with van der Waals surface area (Å²) < 4.78 is 2.85. The van der Waals surface area contributed by atoms with Crippen LogP contribution in [0.25, 0.3) is 11.0 Å². The van der Waals surface area contributed by atoms with Crippen LogP contribution in [0.5, 0.6) is 0 Å². The van der Waals surface area contributed by atoms with Crippen LogP contribution in [-0.4, -0.2) is 27.9 Å². The third-order valence-corrected chi connectivity index (χ3v) is 5.31. The molecule has 8 heteroatoms. The minimum Gasteiger partial charge on any atom is -0.342 e. The van der Waals surface area contributed by atoms with Crippen molar-refractivity contribution in [3.05, 3.63) is 45.1 Å². The topological polar surface area (TPSA) is 76.0 Å². The second-order valence-electron chi connectivity index (χ2n) is 6.76. The molecule has 0 saturated carbocycles. The Balaban J connectivity index is 1.74. The molecular formula is C18H19BrN4O2S. The Bertz CT molecular complexity index is 971. The molecule has 0 spiro atoms. The molecule has 0 saturated heterocycles. The van der Waals surface area contributed by atoms with E-state index in [1.807, 2.05) is 49.6 Å². The van der Waals surface area contributed by atoms with Crippen molar-refractivity contribution in [2.75, 3.05) is 11.9 Å². The minimum absolute atomic E-state index is 0.123. The van der Waals surface area contributed by atoms with Crippen LogP contribution in [0.1, 0.15) is 30.4 Å². The third kappa shape index (κ3) is 3.96. The fourth-order valence-electron chi connectivity index (χ4n) is 2.64. The molecule has 0 aliphatic heterocycles. The highest BCUT2D eigenvalue weighted by molar-refractivity contribution is 9.11. The van der Waals surface area contributed by atoms with E-state index in [4.69, 9.17) is 0 Å². The average molecular weight is 435 g/mol. The molecule has 136 valence electrons. The first-order valence-electron chi connectivity index (χ1n) is 8.07. The number of nitrogens with zero attached hydrogens (tertiary/aromatic N) is 2. The van der Waals surface area contributed by atoms with Crippen LogP contribution < -0.4 is 10.6 Å². The fraction of sp³-hybridized carbons (Fsp3) is 0.278. The number of carbonyl (C=O) groups excluding carboxylic acids is 2. The van der Waals surface area contributed by atoms with Crippen molar-refractivity contribution in [3.8, 4) is 0 Å². The fourth-order valence-corrected chi connectivity index (χ4v) is 3.94. The Labute approximate surface area is 163 Å². The predicted octanol–water partition coefficient (Wildman–Crippen LogP) is 3.98. The van der Waals surface area contributed by atoms with Crippen LogP contribution in [0.4, 0.5) is 5.95 Å². The van der Waals surface area contributed by atoms with Crippen LogP contribution in [0.3, 0.4) is 0 Å². The predicted molar refractivity (Wildman–Crippen MR) is 108 cm³/mol. The molecule has 0 bridgehead atoms. The first-order chi connectivity index (χ1) is 12.3. The molecular weight excluding hydrogens is 416 g/mol. The Hall–Kier alpha value is -2.19. The summed E-state index contributed by atoms with van der Waals surface area (Å²) in [4.78, 5) is 29.5. The average Bonchev–Trinajstić information content (AvgIpc) is 3.15. The largest absolute Gasteiger partial charge is 0.342 e. The molecule has 2 heterocycles. The molecule has 0 atom stereocenters. The van der Waals surface area contributed by atoms with Crippen LogP contribution in [0, 0.1) is 0 Å². The maximum Gasteiger partial charge on any atom is 0.261 e. The van der Waals surface area contributed by atoms with Gasteiger partial charge in [0, 0.05) is 5.54 Å². The van der Waals surface area contributed by atoms with Crippen molar-refractivity contribution in [2.24, 2.45) is 0 Å². The van der Waals surface area contributed by atoms with E-state index < -0.39 is 0 Å². The lowest BCUT2D eigenvalue weighted by Crippen LogP contribution is -2.34. The maximum atomic E-state index is 12.3. The number of fused-ring (bicyclic) bond motifs is 1. The second kappa shape index (κ2) is 7.20. The molecule has 1 aromatic carbocycles. The van der Waals surface area contributed by atoms with Gasteiger partial charge in [-0.3, -0.25) is 14.9 Å². The summed E-state index contributed by atoms with van der Waals surface area (Å²) in [5.41, 5.74) is 1.50. The van der Waals surface area contributed by atoms with E-state index >= 15 is 0 Å². The summed E-state index contributed by atoms with van der Waals surface area (Å²) in [6, 6.07) is 11.2. The zero-order valence-electron chi connectivity index (χ0n) is 14.7. The van der Waals surface area contributed by atoms with E-state index in [9.17, 15) is 9.59 Å². The van der Waals surface area contributed by atoms with Crippen LogP contribution in [-0.2, 0) is 10.3 Å². The third-order valence-electron chi connectivity index (χ3n) is 3.69. The molecule has 0 aliphatic rings. The van der Waals surface area contributed by atoms with Crippen molar-refractivity contribution < 1.29 is 9.59 Å². The smallest absolute Gasteiger partial charge is 0.261 e. The zero-order chi connectivity index (χ0) is 18.9. The Kier molecular flexibility index (Phi) is 5.15. The van der Waals surface area contributed by atoms with Crippen LogP contribution in [0.2, 0.25) is 0 Å². The number of rotatable bonds is 4. The second-order valence-corrected chi connectivity index (χ2v) is 9.23. The first-order valence-corrected chi connectivity index (χ1v) is 9.68. The number of benzene rings is 1. The Morgan fingerprint density at radius 2 is 1.92 bits per heavy atom. The van der Waals surface area contributed by atoms with Crippen molar-refractivity contribution in [2.45, 2.75) is 26.3 Å². The van der Waals surface area contributed by atoms with Gasteiger partial charge in [-0.2, -0.15) is 0 Å². The Morgan fingerprint density at radius 1 is 1.19 bits per heavy atom. The molecule has 0 radical (unpaired) electrons. The standard InChI is InChI=1S/C18H19BrN4O2S/c1-18(2,3)23-12-7-5-4-6-11(12)21-17(23)22-15(24)10-20-16(25)13-8-9-14(19)26-13/h4-9H,10H2,1-3H3,(H,20,25)(H,21,22,24). The number of hydrogen-bond acceptors (Lipinski definition) is 4. The van der Waals surface area contributed by atoms with Gasteiger partial charge < -0.3 is 9.88 Å². The van der Waals surface area contributed by atoms with E-state index in [1.54, 1.807) is 12.1 Å². The van der Waals surface area contributed by atoms with Gasteiger partial charge in [-0.15, -0.1) is 11.3 Å². The van der Waals surface area contributed by atoms with Gasteiger partial charge in [0.05, 0.1) is 26.2 Å². The first kappa shape index (κ1) is 18.6. The molecule has 0 fully saturated rings. The van der Waals surface area contributed by atoms with E-state index in [2.05, 4.69) is 31.5 Å². The monoisotopic (exact) mass is 434 g/mol. The SMILES string of the molecule is CC(C)(C)n1c(NC(=O)CNC(=O)c2ccc(Br)s2)nc2ccccc21. The number of aromatic nitrogens is 2. The molecule has 3 rings (SSSR count). The lowest BCUT2D eigenvalue weighted by molar-refractivity contribution is -0.115. The van der Waals surface area contributed by atoms with Gasteiger partial charge in [0.15, 0.2) is 0 Å². The number of carbonyl (C=O) groups is 2. The Morgan fingerprint density at radius 3 is 2.58 bits per heavy atom. The van der Waals surface area contributed by atoms with Gasteiger partial charge in [0.25, 0.3) is 5.91 Å². The summed E-state index contributed by atoms with van der Waals surface area (Å²) in [6.45, 7) is 6.02. The quantitative estimate of drug-likeness (QED) is 0.651. The number of para-hydroxylation sites is 2. The summed E-state index contributed by atoms with van der Waals surface area (Å²) in [6.07, 6.45) is 0. The molecule has 2 amide bonds. The molecule has 2 N–H and O–H groups in total. The number of nitrogens with one attached hydrogen (secondary N) is 2. The molecule has 3 aromatic rings. The molecule has 2 aromatic heterocycles. The van der Waals surface area contributed by atoms with Crippen molar-refractivity contribution in [1.29, 1.82) is 0 Å². The summed E-state index contributed by atoms with van der Waals surface area (Å²) in [7, 11) is 0. The van der Waals surface area contributed by atoms with E-state index in [0.717, 1.165) is 14.8 Å². The highest BCUT2D eigenvalue weighted by Gasteiger charge is 2.22. The number of amides is 2. The number of anilines is 1.